The maximum Gasteiger partial charge on any atom is 0.293 e. The van der Waals surface area contributed by atoms with Crippen LogP contribution in [0.5, 0.6) is 5.75 Å². The summed E-state index contributed by atoms with van der Waals surface area (Å²) >= 11 is 0.902. The van der Waals surface area contributed by atoms with Gasteiger partial charge in [0.15, 0.2) is 0 Å². The quantitative estimate of drug-likeness (QED) is 0.296. The van der Waals surface area contributed by atoms with Gasteiger partial charge in [0.1, 0.15) is 12.4 Å². The molecular formula is C29H20N2O3S. The first-order valence-electron chi connectivity index (χ1n) is 11.1. The maximum absolute atomic E-state index is 12.9. The SMILES string of the molecule is N#Cc1ccccc1CN1C(=O)S/C(=C/c2cccc(OCc3cccc4ccccc34)c2)C1=O. The van der Waals surface area contributed by atoms with E-state index in [2.05, 4.69) is 24.3 Å². The molecule has 1 heterocycles. The normalized spacial score (nSPS) is 14.5. The number of hydrogen-bond donors (Lipinski definition) is 0. The van der Waals surface area contributed by atoms with Crippen molar-refractivity contribution in [3.05, 3.63) is 118 Å². The number of thioether (sulfide) groups is 1. The predicted molar refractivity (Wildman–Crippen MR) is 137 cm³/mol. The van der Waals surface area contributed by atoms with Gasteiger partial charge < -0.3 is 4.74 Å². The van der Waals surface area contributed by atoms with Gasteiger partial charge in [-0.25, -0.2) is 0 Å². The molecule has 5 rings (SSSR count). The molecule has 0 bridgehead atoms. The highest BCUT2D eigenvalue weighted by molar-refractivity contribution is 8.18. The number of hydrogen-bond acceptors (Lipinski definition) is 5. The largest absolute Gasteiger partial charge is 0.489 e. The van der Waals surface area contributed by atoms with E-state index in [0.717, 1.165) is 33.7 Å². The van der Waals surface area contributed by atoms with Gasteiger partial charge in [-0.3, -0.25) is 14.5 Å². The minimum Gasteiger partial charge on any atom is -0.489 e. The zero-order valence-electron chi connectivity index (χ0n) is 18.7. The molecule has 1 fully saturated rings. The van der Waals surface area contributed by atoms with Gasteiger partial charge in [0.2, 0.25) is 0 Å². The van der Waals surface area contributed by atoms with Crippen LogP contribution in [0.15, 0.2) is 95.9 Å². The zero-order chi connectivity index (χ0) is 24.2. The molecular weight excluding hydrogens is 456 g/mol. The molecule has 2 amide bonds. The Kier molecular flexibility index (Phi) is 6.34. The molecule has 1 aliphatic heterocycles. The van der Waals surface area contributed by atoms with Crippen molar-refractivity contribution < 1.29 is 14.3 Å². The second-order valence-electron chi connectivity index (χ2n) is 8.04. The van der Waals surface area contributed by atoms with Crippen molar-refractivity contribution in [3.8, 4) is 11.8 Å². The number of fused-ring (bicyclic) bond motifs is 1. The Hall–Kier alpha value is -4.34. The Bertz CT molecular complexity index is 1510. The van der Waals surface area contributed by atoms with Gasteiger partial charge in [-0.15, -0.1) is 0 Å². The van der Waals surface area contributed by atoms with Gasteiger partial charge in [0.05, 0.1) is 23.1 Å². The Labute approximate surface area is 207 Å². The first-order chi connectivity index (χ1) is 17.1. The summed E-state index contributed by atoms with van der Waals surface area (Å²) in [5.74, 6) is 0.309. The van der Waals surface area contributed by atoms with Gasteiger partial charge in [0, 0.05) is 0 Å². The molecule has 0 aliphatic carbocycles. The molecule has 0 aromatic heterocycles. The van der Waals surface area contributed by atoms with Crippen molar-refractivity contribution in [2.75, 3.05) is 0 Å². The van der Waals surface area contributed by atoms with Crippen molar-refractivity contribution in [1.82, 2.24) is 4.90 Å². The lowest BCUT2D eigenvalue weighted by atomic mass is 10.1. The van der Waals surface area contributed by atoms with E-state index in [1.54, 1.807) is 30.3 Å². The molecule has 5 nitrogen and oxygen atoms in total. The number of nitrogens with zero attached hydrogens (tertiary/aromatic N) is 2. The summed E-state index contributed by atoms with van der Waals surface area (Å²) in [4.78, 5) is 27.0. The number of rotatable bonds is 6. The first kappa shape index (κ1) is 22.5. The molecule has 35 heavy (non-hydrogen) atoms. The van der Waals surface area contributed by atoms with Gasteiger partial charge in [-0.1, -0.05) is 72.8 Å². The van der Waals surface area contributed by atoms with Crippen LogP contribution in [0, 0.1) is 11.3 Å². The highest BCUT2D eigenvalue weighted by Gasteiger charge is 2.35. The lowest BCUT2D eigenvalue weighted by Gasteiger charge is -2.13. The first-order valence-corrected chi connectivity index (χ1v) is 11.9. The highest BCUT2D eigenvalue weighted by atomic mass is 32.2. The second kappa shape index (κ2) is 9.88. The summed E-state index contributed by atoms with van der Waals surface area (Å²) in [6.07, 6.45) is 1.70. The number of nitriles is 1. The topological polar surface area (TPSA) is 70.4 Å². The summed E-state index contributed by atoms with van der Waals surface area (Å²) in [6, 6.07) is 30.8. The fourth-order valence-corrected chi connectivity index (χ4v) is 4.84. The van der Waals surface area contributed by atoms with Crippen molar-refractivity contribution in [2.24, 2.45) is 0 Å². The molecule has 4 aromatic rings. The Morgan fingerprint density at radius 2 is 1.63 bits per heavy atom. The Balaban J connectivity index is 1.32. The number of ether oxygens (including phenoxy) is 1. The fourth-order valence-electron chi connectivity index (χ4n) is 4.00. The molecule has 0 radical (unpaired) electrons. The highest BCUT2D eigenvalue weighted by Crippen LogP contribution is 2.34. The van der Waals surface area contributed by atoms with E-state index in [4.69, 9.17) is 4.74 Å². The molecule has 170 valence electrons. The molecule has 4 aromatic carbocycles. The molecule has 0 unspecified atom stereocenters. The number of benzene rings is 4. The summed E-state index contributed by atoms with van der Waals surface area (Å²) in [6.45, 7) is 0.486. The lowest BCUT2D eigenvalue weighted by Crippen LogP contribution is -2.27. The smallest absolute Gasteiger partial charge is 0.293 e. The minimum absolute atomic E-state index is 0.0694. The fraction of sp³-hybridized carbons (Fsp3) is 0.0690. The third kappa shape index (κ3) is 4.81. The van der Waals surface area contributed by atoms with Crippen molar-refractivity contribution in [3.63, 3.8) is 0 Å². The van der Waals surface area contributed by atoms with Crippen LogP contribution in [0.3, 0.4) is 0 Å². The van der Waals surface area contributed by atoms with Crippen LogP contribution in [0.4, 0.5) is 4.79 Å². The minimum atomic E-state index is -0.366. The summed E-state index contributed by atoms with van der Waals surface area (Å²) in [7, 11) is 0. The van der Waals surface area contributed by atoms with E-state index in [1.807, 2.05) is 48.5 Å². The van der Waals surface area contributed by atoms with E-state index in [9.17, 15) is 14.9 Å². The molecule has 1 aliphatic rings. The maximum atomic E-state index is 12.9. The number of amides is 2. The molecule has 1 saturated heterocycles. The molecule has 0 atom stereocenters. The Morgan fingerprint density at radius 3 is 2.51 bits per heavy atom. The number of imide groups is 1. The van der Waals surface area contributed by atoms with Crippen LogP contribution in [-0.2, 0) is 17.9 Å². The second-order valence-corrected chi connectivity index (χ2v) is 9.03. The van der Waals surface area contributed by atoms with E-state index in [0.29, 0.717) is 28.4 Å². The van der Waals surface area contributed by atoms with Gasteiger partial charge in [-0.2, -0.15) is 5.26 Å². The molecule has 6 heteroatoms. The third-order valence-corrected chi connectivity index (χ3v) is 6.68. The van der Waals surface area contributed by atoms with Crippen LogP contribution >= 0.6 is 11.8 Å². The van der Waals surface area contributed by atoms with Gasteiger partial charge >= 0.3 is 0 Å². The number of carbonyl (C=O) groups is 2. The van der Waals surface area contributed by atoms with Crippen molar-refractivity contribution in [1.29, 1.82) is 5.26 Å². The van der Waals surface area contributed by atoms with E-state index < -0.39 is 0 Å². The van der Waals surface area contributed by atoms with Crippen LogP contribution < -0.4 is 4.74 Å². The van der Waals surface area contributed by atoms with Crippen LogP contribution in [0.2, 0.25) is 0 Å². The standard InChI is InChI=1S/C29H20N2O3S/c30-17-22-9-1-2-10-23(22)18-31-28(32)27(35-29(31)33)16-20-7-5-13-25(15-20)34-19-24-12-6-11-21-8-3-4-14-26(21)24/h1-16H,18-19H2/b27-16+. The number of carbonyl (C=O) groups excluding carboxylic acids is 2. The van der Waals surface area contributed by atoms with Crippen LogP contribution in [-0.4, -0.2) is 16.0 Å². The predicted octanol–water partition coefficient (Wildman–Crippen LogP) is 6.53. The average molecular weight is 477 g/mol. The monoisotopic (exact) mass is 476 g/mol. The van der Waals surface area contributed by atoms with E-state index in [-0.39, 0.29) is 17.7 Å². The van der Waals surface area contributed by atoms with E-state index in [1.165, 1.54) is 4.90 Å². The zero-order valence-corrected chi connectivity index (χ0v) is 19.5. The summed E-state index contributed by atoms with van der Waals surface area (Å²) in [5, 5.41) is 11.3. The lowest BCUT2D eigenvalue weighted by molar-refractivity contribution is -0.123. The van der Waals surface area contributed by atoms with Crippen molar-refractivity contribution in [2.45, 2.75) is 13.2 Å². The van der Waals surface area contributed by atoms with E-state index >= 15 is 0 Å². The summed E-state index contributed by atoms with van der Waals surface area (Å²) in [5.41, 5.74) is 2.95. The summed E-state index contributed by atoms with van der Waals surface area (Å²) < 4.78 is 6.05. The van der Waals surface area contributed by atoms with Gasteiger partial charge in [-0.05, 0) is 63.5 Å². The molecule has 0 saturated carbocycles. The van der Waals surface area contributed by atoms with Crippen LogP contribution in [0.25, 0.3) is 16.8 Å². The van der Waals surface area contributed by atoms with Crippen LogP contribution in [0.1, 0.15) is 22.3 Å². The third-order valence-electron chi connectivity index (χ3n) is 5.77. The van der Waals surface area contributed by atoms with Gasteiger partial charge in [0.25, 0.3) is 11.1 Å². The average Bonchev–Trinajstić information content (AvgIpc) is 3.15. The Morgan fingerprint density at radius 1 is 0.886 bits per heavy atom. The molecule has 0 N–H and O–H groups in total. The van der Waals surface area contributed by atoms with Crippen molar-refractivity contribution >= 4 is 39.8 Å². The molecule has 0 spiro atoms.